The normalized spacial score (nSPS) is 14.3. The minimum atomic E-state index is -3.65. The third-order valence-corrected chi connectivity index (χ3v) is 5.80. The molecule has 2 aromatic carbocycles. The standard InChI is InChI=1S/C19H18N2O5S/c1-25-17-9-8-14(27(23,24)21-13-6-7-13)11-15(17)20-19(22)18-10-12-4-2-3-5-16(12)26-18/h2-5,8-11,13,21H,6-7H2,1H3,(H,20,22). The van der Waals surface area contributed by atoms with Crippen molar-refractivity contribution in [2.45, 2.75) is 23.8 Å². The molecular formula is C19H18N2O5S. The highest BCUT2D eigenvalue weighted by atomic mass is 32.2. The van der Waals surface area contributed by atoms with Crippen LogP contribution < -0.4 is 14.8 Å². The summed E-state index contributed by atoms with van der Waals surface area (Å²) in [5.74, 6) is -0.0124. The lowest BCUT2D eigenvalue weighted by Gasteiger charge is -2.12. The Labute approximate surface area is 156 Å². The van der Waals surface area contributed by atoms with Gasteiger partial charge in [0.25, 0.3) is 5.91 Å². The smallest absolute Gasteiger partial charge is 0.291 e. The number of benzene rings is 2. The lowest BCUT2D eigenvalue weighted by atomic mass is 10.2. The Kier molecular flexibility index (Phi) is 4.37. The fraction of sp³-hybridized carbons (Fsp3) is 0.211. The van der Waals surface area contributed by atoms with E-state index in [2.05, 4.69) is 10.0 Å². The van der Waals surface area contributed by atoms with Crippen LogP contribution in [0.1, 0.15) is 23.4 Å². The molecule has 0 unspecified atom stereocenters. The fourth-order valence-corrected chi connectivity index (χ4v) is 4.05. The Morgan fingerprint density at radius 1 is 1.15 bits per heavy atom. The van der Waals surface area contributed by atoms with Crippen molar-refractivity contribution in [1.82, 2.24) is 4.72 Å². The lowest BCUT2D eigenvalue weighted by Crippen LogP contribution is -2.25. The number of anilines is 1. The van der Waals surface area contributed by atoms with Crippen molar-refractivity contribution < 1.29 is 22.4 Å². The molecule has 1 amide bonds. The first-order valence-corrected chi connectivity index (χ1v) is 9.95. The molecule has 0 radical (unpaired) electrons. The third-order valence-electron chi connectivity index (χ3n) is 4.28. The molecule has 4 rings (SSSR count). The van der Waals surface area contributed by atoms with Crippen LogP contribution in [-0.2, 0) is 10.0 Å². The Morgan fingerprint density at radius 3 is 2.63 bits per heavy atom. The SMILES string of the molecule is COc1ccc(S(=O)(=O)NC2CC2)cc1NC(=O)c1cc2ccccc2o1. The second-order valence-corrected chi connectivity index (χ2v) is 8.07. The zero-order chi connectivity index (χ0) is 19.0. The first-order chi connectivity index (χ1) is 13.0. The maximum atomic E-state index is 12.6. The summed E-state index contributed by atoms with van der Waals surface area (Å²) in [6, 6.07) is 13.2. The number of furan rings is 1. The molecule has 0 bridgehead atoms. The summed E-state index contributed by atoms with van der Waals surface area (Å²) in [6.45, 7) is 0. The number of hydrogen-bond acceptors (Lipinski definition) is 5. The van der Waals surface area contributed by atoms with Gasteiger partial charge in [0.15, 0.2) is 5.76 Å². The van der Waals surface area contributed by atoms with Gasteiger partial charge >= 0.3 is 0 Å². The first kappa shape index (κ1) is 17.6. The number of para-hydroxylation sites is 1. The van der Waals surface area contributed by atoms with Crippen molar-refractivity contribution in [1.29, 1.82) is 0 Å². The summed E-state index contributed by atoms with van der Waals surface area (Å²) in [5.41, 5.74) is 0.848. The average Bonchev–Trinajstić information content (AvgIpc) is 3.34. The summed E-state index contributed by atoms with van der Waals surface area (Å²) < 4.78 is 38.3. The topological polar surface area (TPSA) is 97.6 Å². The molecule has 0 aliphatic heterocycles. The van der Waals surface area contributed by atoms with E-state index < -0.39 is 15.9 Å². The number of methoxy groups -OCH3 is 1. The monoisotopic (exact) mass is 386 g/mol. The van der Waals surface area contributed by atoms with Gasteiger partial charge < -0.3 is 14.5 Å². The van der Waals surface area contributed by atoms with Gasteiger partial charge in [-0.25, -0.2) is 13.1 Å². The molecule has 1 heterocycles. The summed E-state index contributed by atoms with van der Waals surface area (Å²) in [4.78, 5) is 12.6. The van der Waals surface area contributed by atoms with Gasteiger partial charge in [-0.1, -0.05) is 18.2 Å². The molecule has 7 nitrogen and oxygen atoms in total. The number of sulfonamides is 1. The van der Waals surface area contributed by atoms with E-state index in [1.807, 2.05) is 18.2 Å². The molecule has 140 valence electrons. The lowest BCUT2D eigenvalue weighted by molar-refractivity contribution is 0.0998. The predicted molar refractivity (Wildman–Crippen MR) is 101 cm³/mol. The maximum Gasteiger partial charge on any atom is 0.291 e. The van der Waals surface area contributed by atoms with Crippen molar-refractivity contribution in [3.8, 4) is 5.75 Å². The third kappa shape index (κ3) is 3.67. The highest BCUT2D eigenvalue weighted by Crippen LogP contribution is 2.30. The molecule has 1 saturated carbocycles. The molecule has 0 atom stereocenters. The molecule has 2 N–H and O–H groups in total. The van der Waals surface area contributed by atoms with Crippen molar-refractivity contribution in [3.63, 3.8) is 0 Å². The highest BCUT2D eigenvalue weighted by Gasteiger charge is 2.28. The fourth-order valence-electron chi connectivity index (χ4n) is 2.72. The number of nitrogens with one attached hydrogen (secondary N) is 2. The van der Waals surface area contributed by atoms with Gasteiger partial charge in [-0.2, -0.15) is 0 Å². The molecule has 27 heavy (non-hydrogen) atoms. The Bertz CT molecular complexity index is 1080. The van der Waals surface area contributed by atoms with Crippen LogP contribution in [0.2, 0.25) is 0 Å². The van der Waals surface area contributed by atoms with Crippen LogP contribution in [0.25, 0.3) is 11.0 Å². The second-order valence-electron chi connectivity index (χ2n) is 6.36. The zero-order valence-electron chi connectivity index (χ0n) is 14.6. The number of ether oxygens (including phenoxy) is 1. The Hall–Kier alpha value is -2.84. The van der Waals surface area contributed by atoms with Crippen LogP contribution in [0.5, 0.6) is 5.75 Å². The summed E-state index contributed by atoms with van der Waals surface area (Å²) in [5, 5.41) is 3.48. The first-order valence-electron chi connectivity index (χ1n) is 8.46. The number of carbonyl (C=O) groups excluding carboxylic acids is 1. The van der Waals surface area contributed by atoms with E-state index in [4.69, 9.17) is 9.15 Å². The van der Waals surface area contributed by atoms with Crippen molar-refractivity contribution in [2.24, 2.45) is 0 Å². The molecule has 1 aliphatic rings. The molecule has 1 fully saturated rings. The largest absolute Gasteiger partial charge is 0.495 e. The van der Waals surface area contributed by atoms with Gasteiger partial charge in [-0.05, 0) is 43.2 Å². The number of rotatable bonds is 6. The summed E-state index contributed by atoms with van der Waals surface area (Å²) in [6.07, 6.45) is 1.68. The number of fused-ring (bicyclic) bond motifs is 1. The molecular weight excluding hydrogens is 368 g/mol. The second kappa shape index (κ2) is 6.71. The molecule has 1 aliphatic carbocycles. The number of carbonyl (C=O) groups is 1. The van der Waals surface area contributed by atoms with Crippen LogP contribution in [0.4, 0.5) is 5.69 Å². The van der Waals surface area contributed by atoms with Gasteiger partial charge in [0.1, 0.15) is 11.3 Å². The predicted octanol–water partition coefficient (Wildman–Crippen LogP) is 3.13. The van der Waals surface area contributed by atoms with Crippen LogP contribution in [0.3, 0.4) is 0 Å². The van der Waals surface area contributed by atoms with E-state index in [-0.39, 0.29) is 22.4 Å². The van der Waals surface area contributed by atoms with Gasteiger partial charge in [-0.3, -0.25) is 4.79 Å². The Balaban J connectivity index is 1.63. The van der Waals surface area contributed by atoms with Crippen LogP contribution in [0.15, 0.2) is 57.8 Å². The van der Waals surface area contributed by atoms with E-state index in [1.54, 1.807) is 12.1 Å². The van der Waals surface area contributed by atoms with E-state index >= 15 is 0 Å². The van der Waals surface area contributed by atoms with E-state index in [0.29, 0.717) is 11.3 Å². The van der Waals surface area contributed by atoms with Gasteiger partial charge in [0, 0.05) is 11.4 Å². The van der Waals surface area contributed by atoms with Crippen LogP contribution in [-0.4, -0.2) is 27.5 Å². The van der Waals surface area contributed by atoms with Crippen LogP contribution >= 0.6 is 0 Å². The molecule has 8 heteroatoms. The molecule has 0 spiro atoms. The number of hydrogen-bond donors (Lipinski definition) is 2. The summed E-state index contributed by atoms with van der Waals surface area (Å²) >= 11 is 0. The minimum absolute atomic E-state index is 0.00862. The van der Waals surface area contributed by atoms with Crippen molar-refractivity contribution in [2.75, 3.05) is 12.4 Å². The Morgan fingerprint density at radius 2 is 1.93 bits per heavy atom. The minimum Gasteiger partial charge on any atom is -0.495 e. The van der Waals surface area contributed by atoms with E-state index in [0.717, 1.165) is 18.2 Å². The van der Waals surface area contributed by atoms with E-state index in [9.17, 15) is 13.2 Å². The van der Waals surface area contributed by atoms with E-state index in [1.165, 1.54) is 25.3 Å². The van der Waals surface area contributed by atoms with Gasteiger partial charge in [-0.15, -0.1) is 0 Å². The molecule has 3 aromatic rings. The zero-order valence-corrected chi connectivity index (χ0v) is 15.4. The number of amides is 1. The molecule has 1 aromatic heterocycles. The van der Waals surface area contributed by atoms with Crippen LogP contribution in [0, 0.1) is 0 Å². The molecule has 0 saturated heterocycles. The summed E-state index contributed by atoms with van der Waals surface area (Å²) in [7, 11) is -2.20. The van der Waals surface area contributed by atoms with Crippen molar-refractivity contribution in [3.05, 3.63) is 54.3 Å². The van der Waals surface area contributed by atoms with Gasteiger partial charge in [0.2, 0.25) is 10.0 Å². The van der Waals surface area contributed by atoms with Crippen molar-refractivity contribution >= 4 is 32.6 Å². The quantitative estimate of drug-likeness (QED) is 0.678. The van der Waals surface area contributed by atoms with Gasteiger partial charge in [0.05, 0.1) is 17.7 Å². The maximum absolute atomic E-state index is 12.6. The highest BCUT2D eigenvalue weighted by molar-refractivity contribution is 7.89. The average molecular weight is 386 g/mol.